The summed E-state index contributed by atoms with van der Waals surface area (Å²) < 4.78 is 35.1. The molecule has 1 saturated heterocycles. The van der Waals surface area contributed by atoms with Crippen LogP contribution in [0, 0.1) is 11.8 Å². The Hall–Kier alpha value is -5.10. The molecule has 6 rings (SSSR count). The first kappa shape index (κ1) is 33.8. The van der Waals surface area contributed by atoms with Crippen LogP contribution in [-0.2, 0) is 32.7 Å². The van der Waals surface area contributed by atoms with Crippen molar-refractivity contribution in [2.75, 3.05) is 18.1 Å². The second-order valence-corrected chi connectivity index (χ2v) is 13.8. The standard InChI is InChI=1S/C38H37N3O7S/c42-30(26-48-31-21-19-29(20-22-31)41-37(44)32-15-7-8-16-33(32)38(41)45)23-39-49(46,47)35-18-10-9-17-34(35)36(43)40(24-27-11-3-1-4-12-27)25-28-13-5-2-6-14-28/h1-14,17-22,30,32-33,39,42H,15-16,23-26H2/t30-,32-,33-/m0/s1. The number of allylic oxidation sites excluding steroid dienone is 2. The lowest BCUT2D eigenvalue weighted by Crippen LogP contribution is -2.37. The summed E-state index contributed by atoms with van der Waals surface area (Å²) in [6.07, 6.45) is 3.76. The first-order valence-corrected chi connectivity index (χ1v) is 17.6. The highest BCUT2D eigenvalue weighted by Gasteiger charge is 2.47. The van der Waals surface area contributed by atoms with Crippen molar-refractivity contribution >= 4 is 33.4 Å². The monoisotopic (exact) mass is 679 g/mol. The summed E-state index contributed by atoms with van der Waals surface area (Å²) in [6, 6.07) is 31.3. The molecule has 2 N–H and O–H groups in total. The summed E-state index contributed by atoms with van der Waals surface area (Å²) in [5.41, 5.74) is 2.26. The van der Waals surface area contributed by atoms with Crippen molar-refractivity contribution in [1.82, 2.24) is 9.62 Å². The number of benzene rings is 4. The van der Waals surface area contributed by atoms with Crippen LogP contribution in [0.1, 0.15) is 34.3 Å². The van der Waals surface area contributed by atoms with Gasteiger partial charge in [-0.15, -0.1) is 0 Å². The summed E-state index contributed by atoms with van der Waals surface area (Å²) in [5.74, 6) is -1.16. The molecule has 0 bridgehead atoms. The number of anilines is 1. The topological polar surface area (TPSA) is 133 Å². The predicted octanol–water partition coefficient (Wildman–Crippen LogP) is 4.70. The van der Waals surface area contributed by atoms with Crippen LogP contribution < -0.4 is 14.4 Å². The lowest BCUT2D eigenvalue weighted by molar-refractivity contribution is -0.122. The van der Waals surface area contributed by atoms with Crippen molar-refractivity contribution in [2.24, 2.45) is 11.8 Å². The molecule has 0 radical (unpaired) electrons. The molecule has 10 nitrogen and oxygen atoms in total. The minimum Gasteiger partial charge on any atom is -0.491 e. The molecular formula is C38H37N3O7S. The van der Waals surface area contributed by atoms with Crippen molar-refractivity contribution in [3.8, 4) is 5.75 Å². The van der Waals surface area contributed by atoms with Gasteiger partial charge in [-0.05, 0) is 60.4 Å². The summed E-state index contributed by atoms with van der Waals surface area (Å²) in [6.45, 7) is -0.0524. The first-order chi connectivity index (χ1) is 23.7. The maximum Gasteiger partial charge on any atom is 0.255 e. The molecule has 0 aromatic heterocycles. The third kappa shape index (κ3) is 7.80. The van der Waals surface area contributed by atoms with Gasteiger partial charge in [-0.25, -0.2) is 13.1 Å². The Morgan fingerprint density at radius 1 is 0.796 bits per heavy atom. The van der Waals surface area contributed by atoms with Crippen LogP contribution in [0.3, 0.4) is 0 Å². The van der Waals surface area contributed by atoms with Gasteiger partial charge in [0.25, 0.3) is 5.91 Å². The molecule has 1 aliphatic heterocycles. The molecule has 3 amide bonds. The molecule has 4 aromatic rings. The molecule has 4 aromatic carbocycles. The van der Waals surface area contributed by atoms with E-state index >= 15 is 0 Å². The van der Waals surface area contributed by atoms with Crippen molar-refractivity contribution in [3.05, 3.63) is 138 Å². The number of sulfonamides is 1. The maximum atomic E-state index is 13.9. The highest BCUT2D eigenvalue weighted by molar-refractivity contribution is 7.89. The molecule has 0 unspecified atom stereocenters. The van der Waals surface area contributed by atoms with Gasteiger partial charge in [0.2, 0.25) is 21.8 Å². The van der Waals surface area contributed by atoms with E-state index < -0.39 is 22.0 Å². The SMILES string of the molecule is O=C(c1ccccc1S(=O)(=O)NC[C@H](O)COc1ccc(N2C(=O)[C@H]3CC=CC[C@@H]3C2=O)cc1)N(Cc1ccccc1)Cc1ccccc1. The normalized spacial score (nSPS) is 17.9. The second kappa shape index (κ2) is 15.0. The van der Waals surface area contributed by atoms with E-state index in [4.69, 9.17) is 4.74 Å². The van der Waals surface area contributed by atoms with Crippen molar-refractivity contribution < 1.29 is 32.6 Å². The number of carbonyl (C=O) groups is 3. The molecule has 252 valence electrons. The Morgan fingerprint density at radius 2 is 1.33 bits per heavy atom. The Morgan fingerprint density at radius 3 is 1.90 bits per heavy atom. The molecule has 3 atom stereocenters. The molecule has 0 saturated carbocycles. The average molecular weight is 680 g/mol. The fourth-order valence-corrected chi connectivity index (χ4v) is 7.41. The van der Waals surface area contributed by atoms with E-state index in [9.17, 15) is 27.9 Å². The minimum absolute atomic E-state index is 0.0122. The highest BCUT2D eigenvalue weighted by Crippen LogP contribution is 2.38. The van der Waals surface area contributed by atoms with Gasteiger partial charge in [0.1, 0.15) is 18.5 Å². The number of rotatable bonds is 13. The second-order valence-electron chi connectivity index (χ2n) is 12.1. The van der Waals surface area contributed by atoms with Crippen LogP contribution in [-0.4, -0.2) is 55.4 Å². The van der Waals surface area contributed by atoms with Crippen molar-refractivity contribution in [1.29, 1.82) is 0 Å². The predicted molar refractivity (Wildman–Crippen MR) is 184 cm³/mol. The molecule has 2 aliphatic rings. The number of amides is 3. The van der Waals surface area contributed by atoms with Crippen LogP contribution in [0.4, 0.5) is 5.69 Å². The zero-order valence-corrected chi connectivity index (χ0v) is 27.5. The number of nitrogens with zero attached hydrogens (tertiary/aromatic N) is 2. The Labute approximate surface area is 285 Å². The van der Waals surface area contributed by atoms with E-state index in [2.05, 4.69) is 4.72 Å². The van der Waals surface area contributed by atoms with Gasteiger partial charge in [0.15, 0.2) is 0 Å². The van der Waals surface area contributed by atoms with E-state index in [0.717, 1.165) is 11.1 Å². The van der Waals surface area contributed by atoms with Crippen LogP contribution >= 0.6 is 0 Å². The molecular weight excluding hydrogens is 642 g/mol. The fraction of sp³-hybridized carbons (Fsp3) is 0.237. The molecule has 1 fully saturated rings. The van der Waals surface area contributed by atoms with Gasteiger partial charge in [0, 0.05) is 19.6 Å². The van der Waals surface area contributed by atoms with E-state index in [0.29, 0.717) is 24.3 Å². The van der Waals surface area contributed by atoms with Crippen LogP contribution in [0.2, 0.25) is 0 Å². The number of imide groups is 1. The largest absolute Gasteiger partial charge is 0.491 e. The van der Waals surface area contributed by atoms with Gasteiger partial charge >= 0.3 is 0 Å². The summed E-state index contributed by atoms with van der Waals surface area (Å²) in [7, 11) is -4.21. The fourth-order valence-electron chi connectivity index (χ4n) is 6.14. The van der Waals surface area contributed by atoms with Gasteiger partial charge in [-0.2, -0.15) is 0 Å². The van der Waals surface area contributed by atoms with E-state index in [-0.39, 0.29) is 60.4 Å². The van der Waals surface area contributed by atoms with E-state index in [1.54, 1.807) is 41.3 Å². The summed E-state index contributed by atoms with van der Waals surface area (Å²) in [5, 5.41) is 10.6. The third-order valence-electron chi connectivity index (χ3n) is 8.68. The zero-order valence-electron chi connectivity index (χ0n) is 26.7. The van der Waals surface area contributed by atoms with Gasteiger partial charge in [-0.3, -0.25) is 19.3 Å². The van der Waals surface area contributed by atoms with Crippen molar-refractivity contribution in [3.63, 3.8) is 0 Å². The number of fused-ring (bicyclic) bond motifs is 1. The molecule has 49 heavy (non-hydrogen) atoms. The number of nitrogens with one attached hydrogen (secondary N) is 1. The lowest BCUT2D eigenvalue weighted by atomic mass is 9.85. The molecule has 11 heteroatoms. The summed E-state index contributed by atoms with van der Waals surface area (Å²) in [4.78, 5) is 42.3. The van der Waals surface area contributed by atoms with Gasteiger partial charge < -0.3 is 14.7 Å². The molecule has 0 spiro atoms. The molecule has 1 heterocycles. The van der Waals surface area contributed by atoms with Crippen LogP contribution in [0.25, 0.3) is 0 Å². The number of aliphatic hydroxyl groups is 1. The number of carbonyl (C=O) groups excluding carboxylic acids is 3. The van der Waals surface area contributed by atoms with Gasteiger partial charge in [-0.1, -0.05) is 84.9 Å². The van der Waals surface area contributed by atoms with E-state index in [1.807, 2.05) is 72.8 Å². The quantitative estimate of drug-likeness (QED) is 0.155. The number of ether oxygens (including phenoxy) is 1. The first-order valence-electron chi connectivity index (χ1n) is 16.1. The minimum atomic E-state index is -4.21. The Bertz CT molecular complexity index is 1870. The zero-order chi connectivity index (χ0) is 34.4. The maximum absolute atomic E-state index is 13.9. The Kier molecular flexibility index (Phi) is 10.3. The number of hydrogen-bond donors (Lipinski definition) is 2. The average Bonchev–Trinajstić information content (AvgIpc) is 3.39. The van der Waals surface area contributed by atoms with Crippen molar-refractivity contribution in [2.45, 2.75) is 36.9 Å². The van der Waals surface area contributed by atoms with Gasteiger partial charge in [0.05, 0.1) is 28.0 Å². The third-order valence-corrected chi connectivity index (χ3v) is 10.2. The Balaban J connectivity index is 1.08. The molecule has 1 aliphatic carbocycles. The number of aliphatic hydroxyl groups excluding tert-OH is 1. The lowest BCUT2D eigenvalue weighted by Gasteiger charge is -2.24. The smallest absolute Gasteiger partial charge is 0.255 e. The number of hydrogen-bond acceptors (Lipinski definition) is 7. The van der Waals surface area contributed by atoms with Crippen LogP contribution in [0.5, 0.6) is 5.75 Å². The highest BCUT2D eigenvalue weighted by atomic mass is 32.2. The van der Waals surface area contributed by atoms with E-state index in [1.165, 1.54) is 17.0 Å². The summed E-state index contributed by atoms with van der Waals surface area (Å²) >= 11 is 0. The van der Waals surface area contributed by atoms with Crippen LogP contribution in [0.15, 0.2) is 126 Å².